The van der Waals surface area contributed by atoms with Crippen molar-refractivity contribution in [2.45, 2.75) is 38.8 Å². The summed E-state index contributed by atoms with van der Waals surface area (Å²) in [5.74, 6) is 1.50. The maximum Gasteiger partial charge on any atom is 0.410 e. The van der Waals surface area contributed by atoms with Gasteiger partial charge in [0.05, 0.1) is 18.7 Å². The zero-order chi connectivity index (χ0) is 23.9. The molecule has 3 atom stereocenters. The molecule has 0 spiro atoms. The van der Waals surface area contributed by atoms with Gasteiger partial charge in [0.15, 0.2) is 11.8 Å². The van der Waals surface area contributed by atoms with Gasteiger partial charge in [0.2, 0.25) is 5.88 Å². The molecular weight excluding hydrogens is 433 g/mol. The van der Waals surface area contributed by atoms with Gasteiger partial charge in [-0.25, -0.2) is 14.2 Å². The van der Waals surface area contributed by atoms with Crippen LogP contribution in [0.5, 0.6) is 0 Å². The van der Waals surface area contributed by atoms with Gasteiger partial charge in [0.25, 0.3) is 0 Å². The van der Waals surface area contributed by atoms with Crippen molar-refractivity contribution in [3.63, 3.8) is 0 Å². The molecule has 1 fully saturated rings. The summed E-state index contributed by atoms with van der Waals surface area (Å²) in [5, 5.41) is 0.335. The van der Waals surface area contributed by atoms with Gasteiger partial charge in [-0.1, -0.05) is 23.8 Å². The van der Waals surface area contributed by atoms with Crippen molar-refractivity contribution in [1.82, 2.24) is 4.90 Å². The number of nitrogens with two attached hydrogens (primary N) is 1. The molecule has 1 saturated heterocycles. The van der Waals surface area contributed by atoms with Crippen molar-refractivity contribution < 1.29 is 18.7 Å². The summed E-state index contributed by atoms with van der Waals surface area (Å²) < 4.78 is 26.1. The third-order valence-corrected chi connectivity index (χ3v) is 5.92. The van der Waals surface area contributed by atoms with Crippen LogP contribution in [0.4, 0.5) is 9.18 Å². The van der Waals surface area contributed by atoms with E-state index in [0.717, 1.165) is 0 Å². The van der Waals surface area contributed by atoms with Crippen LogP contribution in [0, 0.1) is 24.2 Å². The minimum atomic E-state index is -1.04. The average Bonchev–Trinajstić information content (AvgIpc) is 3.10. The minimum absolute atomic E-state index is 0.0304. The number of carbonyl (C=O) groups excluding carboxylic acids is 1. The fraction of sp³-hybridized carbons (Fsp3) is 0.545. The van der Waals surface area contributed by atoms with E-state index in [1.54, 1.807) is 32.6 Å². The fourth-order valence-corrected chi connectivity index (χ4v) is 4.63. The standard InChI is InChI=1S/C22H30FN5O3S/c1-7-9-30-18(11-25-6)26-10-16(17(23)8-2)22-14-28(20(29)31-21(3,4)5)12-15(22)13-32-19(24)27-22/h1,8,10-11,15-16H,6,9,12-14H2,2-5H3,(H2,24,27)/b17-8+,18-11+,26-10?/t15-,16-,22?/m0/s1. The van der Waals surface area contributed by atoms with Gasteiger partial charge < -0.3 is 20.1 Å². The van der Waals surface area contributed by atoms with Crippen LogP contribution < -0.4 is 5.73 Å². The van der Waals surface area contributed by atoms with Crippen LogP contribution in [0.3, 0.4) is 0 Å². The van der Waals surface area contributed by atoms with Crippen LogP contribution in [0.25, 0.3) is 0 Å². The van der Waals surface area contributed by atoms with Crippen molar-refractivity contribution in [2.24, 2.45) is 32.5 Å². The lowest BCUT2D eigenvalue weighted by Gasteiger charge is -2.38. The van der Waals surface area contributed by atoms with E-state index >= 15 is 4.39 Å². The number of likely N-dealkylation sites (tertiary alicyclic amines) is 1. The molecule has 0 aromatic heterocycles. The third kappa shape index (κ3) is 6.13. The number of hydrogen-bond donors (Lipinski definition) is 1. The Hall–Kier alpha value is -2.80. The number of carbonyl (C=O) groups is 1. The Kier molecular flexibility index (Phi) is 8.50. The summed E-state index contributed by atoms with van der Waals surface area (Å²) in [5.41, 5.74) is 4.37. The van der Waals surface area contributed by atoms with Crippen LogP contribution >= 0.6 is 11.8 Å². The highest BCUT2D eigenvalue weighted by Crippen LogP contribution is 2.45. The molecule has 0 saturated carbocycles. The molecule has 10 heteroatoms. The summed E-state index contributed by atoms with van der Waals surface area (Å²) in [6, 6.07) is 0. The van der Waals surface area contributed by atoms with Crippen molar-refractivity contribution in [2.75, 3.05) is 25.4 Å². The second-order valence-electron chi connectivity index (χ2n) is 8.38. The molecule has 2 rings (SSSR count). The molecule has 1 amide bonds. The van der Waals surface area contributed by atoms with Gasteiger partial charge in [-0.15, -0.1) is 6.42 Å². The predicted octanol–water partition coefficient (Wildman–Crippen LogP) is 3.36. The highest BCUT2D eigenvalue weighted by Gasteiger charge is 2.56. The Bertz CT molecular complexity index is 887. The molecule has 32 heavy (non-hydrogen) atoms. The zero-order valence-electron chi connectivity index (χ0n) is 18.9. The first-order chi connectivity index (χ1) is 15.1. The highest BCUT2D eigenvalue weighted by molar-refractivity contribution is 8.13. The number of thioether (sulfide) groups is 1. The van der Waals surface area contributed by atoms with E-state index in [1.807, 2.05) is 0 Å². The van der Waals surface area contributed by atoms with E-state index in [0.29, 0.717) is 17.5 Å². The second kappa shape index (κ2) is 10.7. The molecule has 2 N–H and O–H groups in total. The molecule has 174 valence electrons. The SMILES string of the molecule is C#CCO/C(=C/N=C)N=C[C@@H](/C(F)=C\C)C12CN(C(=O)OC(C)(C)C)C[C@H]1CSC(N)=N2. The monoisotopic (exact) mass is 463 g/mol. The molecule has 2 heterocycles. The summed E-state index contributed by atoms with van der Waals surface area (Å²) in [4.78, 5) is 26.9. The van der Waals surface area contributed by atoms with E-state index in [9.17, 15) is 4.79 Å². The summed E-state index contributed by atoms with van der Waals surface area (Å²) in [6.07, 6.45) is 8.79. The predicted molar refractivity (Wildman–Crippen MR) is 127 cm³/mol. The normalized spacial score (nSPS) is 25.1. The van der Waals surface area contributed by atoms with Crippen LogP contribution in [-0.4, -0.2) is 65.7 Å². The van der Waals surface area contributed by atoms with Gasteiger partial charge >= 0.3 is 6.09 Å². The first kappa shape index (κ1) is 25.5. The van der Waals surface area contributed by atoms with Crippen LogP contribution in [0.2, 0.25) is 0 Å². The maximum absolute atomic E-state index is 15.2. The van der Waals surface area contributed by atoms with Crippen molar-refractivity contribution in [3.8, 4) is 12.3 Å². The van der Waals surface area contributed by atoms with Crippen molar-refractivity contribution >= 4 is 36.0 Å². The number of ether oxygens (including phenoxy) is 2. The van der Waals surface area contributed by atoms with E-state index in [4.69, 9.17) is 21.6 Å². The second-order valence-corrected chi connectivity index (χ2v) is 9.42. The van der Waals surface area contributed by atoms with Crippen molar-refractivity contribution in [1.29, 1.82) is 0 Å². The van der Waals surface area contributed by atoms with Crippen LogP contribution in [-0.2, 0) is 9.47 Å². The lowest BCUT2D eigenvalue weighted by Crippen LogP contribution is -2.50. The molecule has 0 aromatic carbocycles. The van der Waals surface area contributed by atoms with E-state index in [-0.39, 0.29) is 25.0 Å². The van der Waals surface area contributed by atoms with E-state index < -0.39 is 29.0 Å². The highest BCUT2D eigenvalue weighted by atomic mass is 32.2. The van der Waals surface area contributed by atoms with Crippen LogP contribution in [0.1, 0.15) is 27.7 Å². The number of aliphatic imine (C=N–C) groups is 3. The summed E-state index contributed by atoms with van der Waals surface area (Å²) in [6.45, 7) is 10.8. The Morgan fingerprint density at radius 1 is 1.59 bits per heavy atom. The first-order valence-corrected chi connectivity index (χ1v) is 11.1. The Labute approximate surface area is 192 Å². The average molecular weight is 464 g/mol. The lowest BCUT2D eigenvalue weighted by molar-refractivity contribution is 0.0280. The summed E-state index contributed by atoms with van der Waals surface area (Å²) >= 11 is 1.38. The number of hydrogen-bond acceptors (Lipinski definition) is 8. The van der Waals surface area contributed by atoms with Gasteiger partial charge in [-0.05, 0) is 34.4 Å². The maximum atomic E-state index is 15.2. The first-order valence-electron chi connectivity index (χ1n) is 10.1. The molecule has 0 aliphatic carbocycles. The number of nitrogens with zero attached hydrogens (tertiary/aromatic N) is 4. The lowest BCUT2D eigenvalue weighted by atomic mass is 9.76. The molecule has 1 unspecified atom stereocenters. The number of amidine groups is 1. The Balaban J connectivity index is 2.46. The molecule has 0 bridgehead atoms. The molecule has 2 aliphatic rings. The quantitative estimate of drug-likeness (QED) is 0.354. The summed E-state index contributed by atoms with van der Waals surface area (Å²) in [7, 11) is 0. The van der Waals surface area contributed by atoms with E-state index in [1.165, 1.54) is 30.3 Å². The Morgan fingerprint density at radius 2 is 2.31 bits per heavy atom. The topological polar surface area (TPSA) is 102 Å². The third-order valence-electron chi connectivity index (χ3n) is 4.96. The number of amides is 1. The Morgan fingerprint density at radius 3 is 2.91 bits per heavy atom. The van der Waals surface area contributed by atoms with Gasteiger partial charge in [0, 0.05) is 24.4 Å². The molecule has 0 aromatic rings. The number of allylic oxidation sites excluding steroid dienone is 1. The molecule has 8 nitrogen and oxygen atoms in total. The molecule has 2 aliphatic heterocycles. The number of rotatable bonds is 7. The van der Waals surface area contributed by atoms with Crippen molar-refractivity contribution in [3.05, 3.63) is 24.0 Å². The van der Waals surface area contributed by atoms with Gasteiger partial charge in [-0.2, -0.15) is 0 Å². The minimum Gasteiger partial charge on any atom is -0.463 e. The smallest absolute Gasteiger partial charge is 0.410 e. The van der Waals surface area contributed by atoms with Gasteiger partial charge in [-0.3, -0.25) is 9.98 Å². The molecular formula is C22H30FN5O3S. The molecule has 0 radical (unpaired) electrons. The largest absolute Gasteiger partial charge is 0.463 e. The van der Waals surface area contributed by atoms with Crippen LogP contribution in [0.15, 0.2) is 39.0 Å². The number of fused-ring (bicyclic) bond motifs is 1. The number of halogens is 1. The number of terminal acetylenes is 1. The zero-order valence-corrected chi connectivity index (χ0v) is 19.7. The fourth-order valence-electron chi connectivity index (χ4n) is 3.63. The van der Waals surface area contributed by atoms with Gasteiger partial charge in [0.1, 0.15) is 17.0 Å². The van der Waals surface area contributed by atoms with E-state index in [2.05, 4.69) is 27.6 Å².